The number of hydrogen-bond donors (Lipinski definition) is 3. The summed E-state index contributed by atoms with van der Waals surface area (Å²) in [5, 5.41) is 14.6. The number of allylic oxidation sites excluding steroid dienone is 1. The van der Waals surface area contributed by atoms with Crippen molar-refractivity contribution in [2.45, 2.75) is 19.5 Å². The molecule has 0 unspecified atom stereocenters. The lowest BCUT2D eigenvalue weighted by Gasteiger charge is -2.12. The summed E-state index contributed by atoms with van der Waals surface area (Å²) >= 11 is 6.15. The summed E-state index contributed by atoms with van der Waals surface area (Å²) in [5.41, 5.74) is 1.76. The topological polar surface area (TPSA) is 91.6 Å². The number of hydrogen-bond acceptors (Lipinski definition) is 4. The molecule has 0 radical (unpaired) electrons. The highest BCUT2D eigenvalue weighted by Crippen LogP contribution is 2.18. The van der Waals surface area contributed by atoms with Gasteiger partial charge in [0.2, 0.25) is 0 Å². The highest BCUT2D eigenvalue weighted by atomic mass is 35.5. The van der Waals surface area contributed by atoms with Crippen LogP contribution in [0.3, 0.4) is 0 Å². The predicted octanol–water partition coefficient (Wildman–Crippen LogP) is 3.45. The van der Waals surface area contributed by atoms with Crippen molar-refractivity contribution in [2.75, 3.05) is 0 Å². The molecule has 7 heteroatoms. The quantitative estimate of drug-likeness (QED) is 0.615. The van der Waals surface area contributed by atoms with Crippen LogP contribution in [0.25, 0.3) is 6.08 Å². The van der Waals surface area contributed by atoms with Crippen LogP contribution in [0.5, 0.6) is 0 Å². The van der Waals surface area contributed by atoms with Crippen LogP contribution in [0.4, 0.5) is 0 Å². The van der Waals surface area contributed by atoms with Crippen molar-refractivity contribution >= 4 is 29.6 Å². The molecule has 0 aliphatic heterocycles. The van der Waals surface area contributed by atoms with Crippen LogP contribution in [0, 0.1) is 0 Å². The number of carboxylic acid groups (broad SMARTS) is 1. The van der Waals surface area contributed by atoms with Gasteiger partial charge in [-0.05, 0) is 48.9 Å². The lowest BCUT2D eigenvalue weighted by Crippen LogP contribution is -2.38. The van der Waals surface area contributed by atoms with E-state index in [1.165, 1.54) is 6.92 Å². The van der Waals surface area contributed by atoms with Gasteiger partial charge in [-0.1, -0.05) is 24.2 Å². The van der Waals surface area contributed by atoms with E-state index in [0.717, 1.165) is 11.3 Å². The van der Waals surface area contributed by atoms with Gasteiger partial charge in [-0.15, -0.1) is 0 Å². The van der Waals surface area contributed by atoms with Crippen LogP contribution in [0.15, 0.2) is 59.4 Å². The molecule has 26 heavy (non-hydrogen) atoms. The summed E-state index contributed by atoms with van der Waals surface area (Å²) < 4.78 is 5.19. The fourth-order valence-electron chi connectivity index (χ4n) is 2.03. The number of carbonyl (C=O) groups is 2. The monoisotopic (exact) mass is 374 g/mol. The molecule has 6 nitrogen and oxygen atoms in total. The van der Waals surface area contributed by atoms with Crippen molar-refractivity contribution in [2.24, 2.45) is 0 Å². The number of aliphatic carboxylic acids is 1. The molecule has 1 aromatic carbocycles. The Morgan fingerprint density at radius 1 is 1.38 bits per heavy atom. The van der Waals surface area contributed by atoms with Crippen LogP contribution in [-0.4, -0.2) is 23.0 Å². The van der Waals surface area contributed by atoms with Gasteiger partial charge >= 0.3 is 5.97 Å². The number of carboxylic acids is 1. The minimum atomic E-state index is -1.11. The molecule has 0 saturated carbocycles. The van der Waals surface area contributed by atoms with Crippen molar-refractivity contribution in [3.05, 3.63) is 76.9 Å². The van der Waals surface area contributed by atoms with Gasteiger partial charge in [0.05, 0.1) is 16.8 Å². The van der Waals surface area contributed by atoms with Gasteiger partial charge in [0.1, 0.15) is 11.8 Å². The molecule has 3 N–H and O–H groups in total. The third kappa shape index (κ3) is 5.53. The number of amides is 1. The van der Waals surface area contributed by atoms with E-state index in [2.05, 4.69) is 17.2 Å². The second-order valence-corrected chi connectivity index (χ2v) is 5.98. The molecule has 0 bridgehead atoms. The van der Waals surface area contributed by atoms with E-state index < -0.39 is 17.9 Å². The average Bonchev–Trinajstić information content (AvgIpc) is 3.11. The number of nitrogens with one attached hydrogen (secondary N) is 2. The minimum absolute atomic E-state index is 0.222. The van der Waals surface area contributed by atoms with Crippen molar-refractivity contribution in [1.82, 2.24) is 10.6 Å². The minimum Gasteiger partial charge on any atom is -0.480 e. The molecule has 0 saturated heterocycles. The molecule has 136 valence electrons. The highest BCUT2D eigenvalue weighted by Gasteiger charge is 2.17. The maximum Gasteiger partial charge on any atom is 0.325 e. The zero-order valence-electron chi connectivity index (χ0n) is 14.2. The molecule has 1 aromatic heterocycles. The van der Waals surface area contributed by atoms with Gasteiger partial charge in [0, 0.05) is 12.2 Å². The number of rotatable bonds is 8. The Balaban J connectivity index is 1.93. The second-order valence-electron chi connectivity index (χ2n) is 5.58. The van der Waals surface area contributed by atoms with Gasteiger partial charge in [-0.2, -0.15) is 0 Å². The number of halogens is 1. The molecule has 0 spiro atoms. The molecule has 0 aliphatic rings. The maximum atomic E-state index is 12.0. The Kier molecular flexibility index (Phi) is 6.63. The first kappa shape index (κ1) is 19.3. The molecule has 1 heterocycles. The molecule has 2 aromatic rings. The second kappa shape index (κ2) is 8.92. The van der Waals surface area contributed by atoms with E-state index in [9.17, 15) is 9.59 Å². The Morgan fingerprint density at radius 3 is 2.77 bits per heavy atom. The summed E-state index contributed by atoms with van der Waals surface area (Å²) in [6.45, 7) is 5.74. The van der Waals surface area contributed by atoms with Crippen LogP contribution < -0.4 is 10.6 Å². The Bertz CT molecular complexity index is 828. The van der Waals surface area contributed by atoms with Crippen LogP contribution in [0.2, 0.25) is 5.02 Å². The van der Waals surface area contributed by atoms with Crippen LogP contribution in [0.1, 0.15) is 28.6 Å². The van der Waals surface area contributed by atoms with Gasteiger partial charge < -0.3 is 20.2 Å². The summed E-state index contributed by atoms with van der Waals surface area (Å²) in [4.78, 5) is 22.9. The van der Waals surface area contributed by atoms with Gasteiger partial charge in [0.25, 0.3) is 5.91 Å². The van der Waals surface area contributed by atoms with Gasteiger partial charge in [0.15, 0.2) is 0 Å². The average molecular weight is 375 g/mol. The molecular weight excluding hydrogens is 356 g/mol. The lowest BCUT2D eigenvalue weighted by atomic mass is 10.1. The molecule has 1 atom stereocenters. The standard InChI is InChI=1S/C19H19ClN2O4/c1-12(5-7-15-4-3-9-26-15)21-11-14-6-8-16(17(20)10-14)18(23)22-13(2)19(24)25/h3-10,13,21H,1,11H2,2H3,(H,22,23)(H,24,25)/b7-5+/t13-/m0/s1. The van der Waals surface area contributed by atoms with Crippen molar-refractivity contribution in [1.29, 1.82) is 0 Å². The first-order valence-electron chi connectivity index (χ1n) is 7.83. The molecule has 0 aliphatic carbocycles. The van der Waals surface area contributed by atoms with E-state index in [-0.39, 0.29) is 10.6 Å². The van der Waals surface area contributed by atoms with Gasteiger partial charge in [-0.3, -0.25) is 9.59 Å². The molecule has 0 fully saturated rings. The van der Waals surface area contributed by atoms with E-state index in [1.54, 1.807) is 42.7 Å². The Morgan fingerprint density at radius 2 is 2.15 bits per heavy atom. The number of carbonyl (C=O) groups excluding carboxylic acids is 1. The van der Waals surface area contributed by atoms with Crippen molar-refractivity contribution < 1.29 is 19.1 Å². The smallest absolute Gasteiger partial charge is 0.325 e. The first-order valence-corrected chi connectivity index (χ1v) is 8.21. The highest BCUT2D eigenvalue weighted by molar-refractivity contribution is 6.34. The van der Waals surface area contributed by atoms with Crippen LogP contribution in [-0.2, 0) is 11.3 Å². The van der Waals surface area contributed by atoms with Crippen molar-refractivity contribution in [3.63, 3.8) is 0 Å². The number of furan rings is 1. The summed E-state index contributed by atoms with van der Waals surface area (Å²) in [7, 11) is 0. The largest absolute Gasteiger partial charge is 0.480 e. The van der Waals surface area contributed by atoms with E-state index >= 15 is 0 Å². The number of benzene rings is 1. The Hall–Kier alpha value is -2.99. The molecular formula is C19H19ClN2O4. The SMILES string of the molecule is C=C(/C=C/c1ccco1)NCc1ccc(C(=O)N[C@@H](C)C(=O)O)c(Cl)c1. The van der Waals surface area contributed by atoms with Crippen LogP contribution >= 0.6 is 11.6 Å². The summed E-state index contributed by atoms with van der Waals surface area (Å²) in [6.07, 6.45) is 5.17. The predicted molar refractivity (Wildman–Crippen MR) is 99.7 cm³/mol. The molecule has 1 amide bonds. The van der Waals surface area contributed by atoms with E-state index in [4.69, 9.17) is 21.1 Å². The fourth-order valence-corrected chi connectivity index (χ4v) is 2.32. The Labute approximate surface area is 156 Å². The lowest BCUT2D eigenvalue weighted by molar-refractivity contribution is -0.138. The molecule has 2 rings (SSSR count). The summed E-state index contributed by atoms with van der Waals surface area (Å²) in [5.74, 6) is -0.923. The van der Waals surface area contributed by atoms with Gasteiger partial charge in [-0.25, -0.2) is 0 Å². The maximum absolute atomic E-state index is 12.0. The van der Waals surface area contributed by atoms with Crippen molar-refractivity contribution in [3.8, 4) is 0 Å². The van der Waals surface area contributed by atoms with E-state index in [1.807, 2.05) is 6.07 Å². The fraction of sp³-hybridized carbons (Fsp3) is 0.158. The normalized spacial score (nSPS) is 11.9. The summed E-state index contributed by atoms with van der Waals surface area (Å²) in [6, 6.07) is 7.58. The third-order valence-corrected chi connectivity index (χ3v) is 3.82. The zero-order chi connectivity index (χ0) is 19.1. The van der Waals surface area contributed by atoms with E-state index in [0.29, 0.717) is 12.2 Å². The third-order valence-electron chi connectivity index (χ3n) is 3.51. The first-order chi connectivity index (χ1) is 12.4. The zero-order valence-corrected chi connectivity index (χ0v) is 14.9.